The highest BCUT2D eigenvalue weighted by Crippen LogP contribution is 1.99. The molecule has 0 fully saturated rings. The summed E-state index contributed by atoms with van der Waals surface area (Å²) in [5.41, 5.74) is 0. The number of halogens is 1. The molecule has 54 valence electrons. The number of thiol groups is 1. The molecule has 0 amide bonds. The van der Waals surface area contributed by atoms with Crippen LogP contribution in [0.15, 0.2) is 0 Å². The summed E-state index contributed by atoms with van der Waals surface area (Å²) in [5.74, 6) is 0.828. The highest BCUT2D eigenvalue weighted by Gasteiger charge is 2.02. The van der Waals surface area contributed by atoms with Crippen LogP contribution in [-0.4, -0.2) is 18.1 Å². The fourth-order valence-electron chi connectivity index (χ4n) is 0.489. The predicted octanol–water partition coefficient (Wildman–Crippen LogP) is 1.20. The fourth-order valence-corrected chi connectivity index (χ4v) is 1.37. The van der Waals surface area contributed by atoms with Crippen LogP contribution in [0.5, 0.6) is 0 Å². The van der Waals surface area contributed by atoms with Gasteiger partial charge in [-0.05, 0) is 12.2 Å². The second kappa shape index (κ2) is 6.82. The number of carbonyl (C=O) groups is 1. The minimum absolute atomic E-state index is 0.306. The van der Waals surface area contributed by atoms with Crippen LogP contribution in [0.25, 0.3) is 0 Å². The van der Waals surface area contributed by atoms with Crippen LogP contribution < -0.4 is 3.53 Å². The molecule has 0 aliphatic rings. The van der Waals surface area contributed by atoms with Crippen molar-refractivity contribution in [3.05, 3.63) is 0 Å². The van der Waals surface area contributed by atoms with E-state index in [2.05, 4.69) is 39.0 Å². The van der Waals surface area contributed by atoms with Crippen molar-refractivity contribution < 1.29 is 4.79 Å². The standard InChI is InChI=1S/C5H10INOS/c6-7-5(1-3-8)2-4-9/h3,5,7,9H,1-2,4H2. The Balaban J connectivity index is 3.28. The molecule has 0 radical (unpaired) electrons. The number of aldehydes is 1. The van der Waals surface area contributed by atoms with Crippen LogP contribution in [0.3, 0.4) is 0 Å². The van der Waals surface area contributed by atoms with Gasteiger partial charge >= 0.3 is 0 Å². The number of hydrogen-bond donors (Lipinski definition) is 2. The molecule has 0 bridgehead atoms. The van der Waals surface area contributed by atoms with Gasteiger partial charge in [0.25, 0.3) is 0 Å². The molecule has 2 nitrogen and oxygen atoms in total. The van der Waals surface area contributed by atoms with E-state index in [0.29, 0.717) is 12.5 Å². The molecule has 0 aromatic rings. The van der Waals surface area contributed by atoms with E-state index >= 15 is 0 Å². The molecular weight excluding hydrogens is 249 g/mol. The average molecular weight is 259 g/mol. The third-order valence-electron chi connectivity index (χ3n) is 1.01. The minimum Gasteiger partial charge on any atom is -0.303 e. The molecule has 0 aliphatic carbocycles. The second-order valence-corrected chi connectivity index (χ2v) is 2.79. The van der Waals surface area contributed by atoms with E-state index in [-0.39, 0.29) is 0 Å². The van der Waals surface area contributed by atoms with Crippen molar-refractivity contribution in [2.24, 2.45) is 0 Å². The quantitative estimate of drug-likeness (QED) is 0.336. The van der Waals surface area contributed by atoms with Gasteiger partial charge in [-0.1, -0.05) is 0 Å². The number of nitrogens with one attached hydrogen (secondary N) is 1. The van der Waals surface area contributed by atoms with Gasteiger partial charge in [-0.3, -0.25) is 3.53 Å². The van der Waals surface area contributed by atoms with E-state index in [0.717, 1.165) is 18.5 Å². The Morgan fingerprint density at radius 1 is 1.78 bits per heavy atom. The highest BCUT2D eigenvalue weighted by molar-refractivity contribution is 14.1. The van der Waals surface area contributed by atoms with Crippen LogP contribution in [0.2, 0.25) is 0 Å². The smallest absolute Gasteiger partial charge is 0.121 e. The van der Waals surface area contributed by atoms with Crippen LogP contribution in [0, 0.1) is 0 Å². The lowest BCUT2D eigenvalue weighted by molar-refractivity contribution is -0.108. The molecule has 0 saturated heterocycles. The predicted molar refractivity (Wildman–Crippen MR) is 50.1 cm³/mol. The molecule has 0 heterocycles. The number of carbonyl (C=O) groups excluding carboxylic acids is 1. The molecule has 0 aromatic heterocycles. The minimum atomic E-state index is 0.306. The lowest BCUT2D eigenvalue weighted by Gasteiger charge is -2.07. The van der Waals surface area contributed by atoms with Crippen molar-refractivity contribution in [1.82, 2.24) is 3.53 Å². The van der Waals surface area contributed by atoms with Crippen LogP contribution in [-0.2, 0) is 4.79 Å². The Hall–Kier alpha value is 0.710. The van der Waals surface area contributed by atoms with Gasteiger partial charge in [0.15, 0.2) is 0 Å². The summed E-state index contributed by atoms with van der Waals surface area (Å²) in [4.78, 5) is 9.98. The molecule has 0 saturated carbocycles. The summed E-state index contributed by atoms with van der Waals surface area (Å²) in [5, 5.41) is 0. The Morgan fingerprint density at radius 3 is 2.78 bits per heavy atom. The van der Waals surface area contributed by atoms with Gasteiger partial charge in [0.05, 0.1) is 0 Å². The maximum atomic E-state index is 9.98. The van der Waals surface area contributed by atoms with E-state index in [1.54, 1.807) is 0 Å². The molecule has 0 aromatic carbocycles. The Bertz CT molecular complexity index is 81.4. The fraction of sp³-hybridized carbons (Fsp3) is 0.800. The van der Waals surface area contributed by atoms with Gasteiger partial charge in [-0.2, -0.15) is 12.6 Å². The van der Waals surface area contributed by atoms with Crippen molar-refractivity contribution in [1.29, 1.82) is 0 Å². The van der Waals surface area contributed by atoms with Crippen molar-refractivity contribution in [3.8, 4) is 0 Å². The van der Waals surface area contributed by atoms with E-state index in [1.807, 2.05) is 0 Å². The first-order chi connectivity index (χ1) is 4.35. The largest absolute Gasteiger partial charge is 0.303 e. The number of hydrogen-bond acceptors (Lipinski definition) is 3. The molecule has 0 aliphatic heterocycles. The molecule has 0 rings (SSSR count). The molecule has 1 N–H and O–H groups in total. The summed E-state index contributed by atoms with van der Waals surface area (Å²) >= 11 is 6.10. The zero-order chi connectivity index (χ0) is 7.11. The average Bonchev–Trinajstić information content (AvgIpc) is 1.88. The molecule has 0 spiro atoms. The first-order valence-corrected chi connectivity index (χ1v) is 4.47. The normalized spacial score (nSPS) is 13.1. The monoisotopic (exact) mass is 259 g/mol. The van der Waals surface area contributed by atoms with Crippen molar-refractivity contribution in [2.75, 3.05) is 5.75 Å². The first kappa shape index (κ1) is 9.71. The summed E-state index contributed by atoms with van der Waals surface area (Å²) in [6, 6.07) is 0.306. The van der Waals surface area contributed by atoms with Gasteiger partial charge in [0.1, 0.15) is 6.29 Å². The Morgan fingerprint density at radius 2 is 2.44 bits per heavy atom. The SMILES string of the molecule is O=CCC(CCS)NI. The highest BCUT2D eigenvalue weighted by atomic mass is 127. The van der Waals surface area contributed by atoms with Crippen molar-refractivity contribution in [3.63, 3.8) is 0 Å². The zero-order valence-corrected chi connectivity index (χ0v) is 8.06. The van der Waals surface area contributed by atoms with Crippen LogP contribution in [0.4, 0.5) is 0 Å². The van der Waals surface area contributed by atoms with Crippen molar-refractivity contribution >= 4 is 41.8 Å². The van der Waals surface area contributed by atoms with Crippen LogP contribution in [0.1, 0.15) is 12.8 Å². The maximum absolute atomic E-state index is 9.98. The molecule has 1 atom stereocenters. The topological polar surface area (TPSA) is 29.1 Å². The van der Waals surface area contributed by atoms with E-state index in [1.165, 1.54) is 0 Å². The summed E-state index contributed by atoms with van der Waals surface area (Å²) in [6.45, 7) is 0. The van der Waals surface area contributed by atoms with Crippen LogP contribution >= 0.6 is 35.5 Å². The van der Waals surface area contributed by atoms with E-state index < -0.39 is 0 Å². The molecular formula is C5H10INOS. The second-order valence-electron chi connectivity index (χ2n) is 1.72. The lowest BCUT2D eigenvalue weighted by Crippen LogP contribution is -2.20. The van der Waals surface area contributed by atoms with Gasteiger partial charge in [0, 0.05) is 35.3 Å². The van der Waals surface area contributed by atoms with E-state index in [4.69, 9.17) is 0 Å². The van der Waals surface area contributed by atoms with Crippen molar-refractivity contribution in [2.45, 2.75) is 18.9 Å². The van der Waals surface area contributed by atoms with Gasteiger partial charge in [-0.25, -0.2) is 0 Å². The summed E-state index contributed by atoms with van der Waals surface area (Å²) < 4.78 is 2.99. The Kier molecular flexibility index (Phi) is 7.36. The summed E-state index contributed by atoms with van der Waals surface area (Å²) in [6.07, 6.45) is 2.47. The number of rotatable bonds is 5. The van der Waals surface area contributed by atoms with Gasteiger partial charge in [0.2, 0.25) is 0 Å². The molecule has 9 heavy (non-hydrogen) atoms. The third-order valence-corrected chi connectivity index (χ3v) is 2.15. The molecule has 4 heteroatoms. The zero-order valence-electron chi connectivity index (χ0n) is 5.01. The third kappa shape index (κ3) is 5.17. The van der Waals surface area contributed by atoms with E-state index in [9.17, 15) is 4.79 Å². The maximum Gasteiger partial charge on any atom is 0.121 e. The first-order valence-electron chi connectivity index (χ1n) is 2.75. The lowest BCUT2D eigenvalue weighted by atomic mass is 10.2. The van der Waals surface area contributed by atoms with Gasteiger partial charge < -0.3 is 4.79 Å². The van der Waals surface area contributed by atoms with Gasteiger partial charge in [-0.15, -0.1) is 0 Å². The Labute approximate surface area is 74.7 Å². The molecule has 1 unspecified atom stereocenters. The summed E-state index contributed by atoms with van der Waals surface area (Å²) in [7, 11) is 0.